The normalized spacial score (nSPS) is 11.5. The lowest BCUT2D eigenvalue weighted by Gasteiger charge is -2.11. The minimum atomic E-state index is -4.53. The van der Waals surface area contributed by atoms with Gasteiger partial charge in [-0.3, -0.25) is 14.2 Å². The molecule has 4 rings (SSSR count). The van der Waals surface area contributed by atoms with Gasteiger partial charge in [0, 0.05) is 24.5 Å². The van der Waals surface area contributed by atoms with Gasteiger partial charge in [0.1, 0.15) is 23.3 Å². The summed E-state index contributed by atoms with van der Waals surface area (Å²) in [4.78, 5) is 29.8. The van der Waals surface area contributed by atoms with Crippen LogP contribution < -0.4 is 15.6 Å². The van der Waals surface area contributed by atoms with Crippen LogP contribution in [0, 0.1) is 0 Å². The zero-order valence-electron chi connectivity index (χ0n) is 17.7. The first-order chi connectivity index (χ1) is 15.7. The van der Waals surface area contributed by atoms with Gasteiger partial charge in [-0.25, -0.2) is 4.98 Å². The molecule has 0 atom stereocenters. The maximum absolute atomic E-state index is 13.0. The van der Waals surface area contributed by atoms with Crippen LogP contribution in [0.3, 0.4) is 0 Å². The van der Waals surface area contributed by atoms with Crippen LogP contribution in [-0.2, 0) is 24.6 Å². The molecule has 0 aliphatic heterocycles. The fourth-order valence-corrected chi connectivity index (χ4v) is 3.56. The van der Waals surface area contributed by atoms with Crippen LogP contribution >= 0.6 is 0 Å². The van der Waals surface area contributed by atoms with Crippen LogP contribution in [0.1, 0.15) is 5.56 Å². The Hall–Kier alpha value is -4.08. The number of anilines is 1. The minimum Gasteiger partial charge on any atom is -0.497 e. The quantitative estimate of drug-likeness (QED) is 0.491. The van der Waals surface area contributed by atoms with E-state index in [1.165, 1.54) is 18.5 Å². The highest BCUT2D eigenvalue weighted by molar-refractivity contribution is 5.93. The van der Waals surface area contributed by atoms with Crippen LogP contribution in [0.25, 0.3) is 22.2 Å². The summed E-state index contributed by atoms with van der Waals surface area (Å²) in [5, 5.41) is 2.39. The Morgan fingerprint density at radius 1 is 1.15 bits per heavy atom. The standard InChI is InChI=1S/C23H19F3N4O3/c1-29-11-18(14-5-3-8-17(9-14)33-2)20-21(29)22(32)30(13-27-20)12-19(31)28-16-7-4-6-15(10-16)23(24,25)26/h3-11,13H,12H2,1-2H3,(H,28,31). The van der Waals surface area contributed by atoms with Gasteiger partial charge < -0.3 is 14.6 Å². The van der Waals surface area contributed by atoms with Crippen molar-refractivity contribution in [3.05, 3.63) is 77.0 Å². The van der Waals surface area contributed by atoms with Crippen molar-refractivity contribution >= 4 is 22.6 Å². The summed E-state index contributed by atoms with van der Waals surface area (Å²) in [6.07, 6.45) is -1.51. The Morgan fingerprint density at radius 3 is 2.64 bits per heavy atom. The molecular formula is C23H19F3N4O3. The molecule has 1 amide bonds. The number of nitrogens with one attached hydrogen (secondary N) is 1. The second-order valence-corrected chi connectivity index (χ2v) is 7.39. The summed E-state index contributed by atoms with van der Waals surface area (Å²) in [7, 11) is 3.26. The summed E-state index contributed by atoms with van der Waals surface area (Å²) >= 11 is 0. The molecule has 7 nitrogen and oxygen atoms in total. The number of aromatic nitrogens is 3. The SMILES string of the molecule is COc1cccc(-c2cn(C)c3c(=O)n(CC(=O)Nc4cccc(C(F)(F)F)c4)cnc23)c1. The lowest BCUT2D eigenvalue weighted by atomic mass is 10.1. The third-order valence-corrected chi connectivity index (χ3v) is 5.11. The van der Waals surface area contributed by atoms with E-state index in [1.807, 2.05) is 18.2 Å². The van der Waals surface area contributed by atoms with Crippen LogP contribution in [0.5, 0.6) is 5.75 Å². The van der Waals surface area contributed by atoms with Crippen molar-refractivity contribution in [2.45, 2.75) is 12.7 Å². The van der Waals surface area contributed by atoms with E-state index in [0.717, 1.165) is 27.8 Å². The van der Waals surface area contributed by atoms with Crippen LogP contribution in [-0.4, -0.2) is 27.1 Å². The van der Waals surface area contributed by atoms with Crippen LogP contribution in [0.2, 0.25) is 0 Å². The largest absolute Gasteiger partial charge is 0.497 e. The van der Waals surface area contributed by atoms with Crippen LogP contribution in [0.15, 0.2) is 65.8 Å². The molecule has 0 saturated carbocycles. The third kappa shape index (κ3) is 4.45. The number of rotatable bonds is 5. The van der Waals surface area contributed by atoms with Gasteiger partial charge >= 0.3 is 6.18 Å². The number of carbonyl (C=O) groups excluding carboxylic acids is 1. The molecule has 0 aliphatic rings. The molecule has 0 bridgehead atoms. The highest BCUT2D eigenvalue weighted by Crippen LogP contribution is 2.31. The van der Waals surface area contributed by atoms with E-state index in [2.05, 4.69) is 10.3 Å². The maximum Gasteiger partial charge on any atom is 0.416 e. The number of benzene rings is 2. The van der Waals surface area contributed by atoms with Crippen molar-refractivity contribution in [1.29, 1.82) is 0 Å². The average molecular weight is 456 g/mol. The molecule has 1 N–H and O–H groups in total. The van der Waals surface area contributed by atoms with E-state index < -0.39 is 29.8 Å². The van der Waals surface area contributed by atoms with Gasteiger partial charge in [-0.15, -0.1) is 0 Å². The number of fused-ring (bicyclic) bond motifs is 1. The number of alkyl halides is 3. The van der Waals surface area contributed by atoms with Crippen molar-refractivity contribution in [2.24, 2.45) is 7.05 Å². The van der Waals surface area contributed by atoms with E-state index in [0.29, 0.717) is 16.8 Å². The monoisotopic (exact) mass is 456 g/mol. The lowest BCUT2D eigenvalue weighted by molar-refractivity contribution is -0.137. The Kier molecular flexibility index (Phi) is 5.67. The molecule has 4 aromatic rings. The predicted molar refractivity (Wildman–Crippen MR) is 117 cm³/mol. The molecule has 0 spiro atoms. The Bertz CT molecular complexity index is 1410. The number of nitrogens with zero attached hydrogens (tertiary/aromatic N) is 3. The highest BCUT2D eigenvalue weighted by atomic mass is 19.4. The van der Waals surface area contributed by atoms with Crippen LogP contribution in [0.4, 0.5) is 18.9 Å². The number of hydrogen-bond acceptors (Lipinski definition) is 4. The molecule has 0 fully saturated rings. The second-order valence-electron chi connectivity index (χ2n) is 7.39. The molecule has 2 aromatic carbocycles. The topological polar surface area (TPSA) is 78.1 Å². The van der Waals surface area contributed by atoms with Crippen molar-refractivity contribution in [1.82, 2.24) is 14.1 Å². The van der Waals surface area contributed by atoms with Gasteiger partial charge in [0.25, 0.3) is 5.56 Å². The van der Waals surface area contributed by atoms with Gasteiger partial charge in [0.05, 0.1) is 19.0 Å². The van der Waals surface area contributed by atoms with E-state index in [-0.39, 0.29) is 5.69 Å². The summed E-state index contributed by atoms with van der Waals surface area (Å²) in [6.45, 7) is -0.405. The number of carbonyl (C=O) groups is 1. The van der Waals surface area contributed by atoms with E-state index >= 15 is 0 Å². The highest BCUT2D eigenvalue weighted by Gasteiger charge is 2.30. The minimum absolute atomic E-state index is 0.0175. The number of aryl methyl sites for hydroxylation is 1. The smallest absolute Gasteiger partial charge is 0.416 e. The zero-order chi connectivity index (χ0) is 23.8. The number of hydrogen-bond donors (Lipinski definition) is 1. The van der Waals surface area contributed by atoms with Crippen molar-refractivity contribution in [2.75, 3.05) is 12.4 Å². The lowest BCUT2D eigenvalue weighted by Crippen LogP contribution is -2.28. The molecule has 10 heteroatoms. The first-order valence-electron chi connectivity index (χ1n) is 9.83. The second kappa shape index (κ2) is 8.45. The molecule has 0 radical (unpaired) electrons. The van der Waals surface area contributed by atoms with E-state index in [4.69, 9.17) is 4.74 Å². The van der Waals surface area contributed by atoms with Crippen molar-refractivity contribution in [3.8, 4) is 16.9 Å². The first kappa shape index (κ1) is 22.1. The van der Waals surface area contributed by atoms with Gasteiger partial charge in [-0.05, 0) is 35.9 Å². The van der Waals surface area contributed by atoms with Gasteiger partial charge in [-0.1, -0.05) is 18.2 Å². The van der Waals surface area contributed by atoms with Gasteiger partial charge in [-0.2, -0.15) is 13.2 Å². The molecule has 33 heavy (non-hydrogen) atoms. The summed E-state index contributed by atoms with van der Waals surface area (Å²) < 4.78 is 46.6. The third-order valence-electron chi connectivity index (χ3n) is 5.11. The van der Waals surface area contributed by atoms with E-state index in [1.54, 1.807) is 31.0 Å². The molecule has 0 aliphatic carbocycles. The predicted octanol–water partition coefficient (Wildman–Crippen LogP) is 4.07. The molecule has 2 aromatic heterocycles. The first-order valence-corrected chi connectivity index (χ1v) is 9.83. The fraction of sp³-hybridized carbons (Fsp3) is 0.174. The number of halogens is 3. The zero-order valence-corrected chi connectivity index (χ0v) is 17.7. The molecule has 0 unspecified atom stereocenters. The maximum atomic E-state index is 13.0. The fourth-order valence-electron chi connectivity index (χ4n) is 3.56. The van der Waals surface area contributed by atoms with E-state index in [9.17, 15) is 22.8 Å². The Balaban J connectivity index is 1.62. The molecule has 170 valence electrons. The Labute approximate surface area is 186 Å². The van der Waals surface area contributed by atoms with Crippen molar-refractivity contribution in [3.63, 3.8) is 0 Å². The summed E-state index contributed by atoms with van der Waals surface area (Å²) in [5.74, 6) is 0.00362. The summed E-state index contributed by atoms with van der Waals surface area (Å²) in [5.41, 5.74) is 0.949. The number of methoxy groups -OCH3 is 1. The van der Waals surface area contributed by atoms with Gasteiger partial charge in [0.15, 0.2) is 0 Å². The average Bonchev–Trinajstić information content (AvgIpc) is 3.12. The number of amides is 1. The number of ether oxygens (including phenoxy) is 1. The molecule has 0 saturated heterocycles. The molecular weight excluding hydrogens is 437 g/mol. The Morgan fingerprint density at radius 2 is 1.91 bits per heavy atom. The van der Waals surface area contributed by atoms with Gasteiger partial charge in [0.2, 0.25) is 5.91 Å². The summed E-state index contributed by atoms with van der Waals surface area (Å²) in [6, 6.07) is 11.6. The van der Waals surface area contributed by atoms with Crippen molar-refractivity contribution < 1.29 is 22.7 Å². The molecule has 2 heterocycles.